The maximum Gasteiger partial charge on any atom is 0.416 e. The van der Waals surface area contributed by atoms with E-state index in [4.69, 9.17) is 9.47 Å². The molecule has 1 atom stereocenters. The Hall–Kier alpha value is -3.00. The van der Waals surface area contributed by atoms with E-state index in [0.29, 0.717) is 28.4 Å². The van der Waals surface area contributed by atoms with E-state index < -0.39 is 11.7 Å². The van der Waals surface area contributed by atoms with E-state index in [0.717, 1.165) is 42.8 Å². The van der Waals surface area contributed by atoms with Crippen LogP contribution in [0.25, 0.3) is 10.9 Å². The summed E-state index contributed by atoms with van der Waals surface area (Å²) < 4.78 is 51.2. The Morgan fingerprint density at radius 2 is 1.85 bits per heavy atom. The molecule has 2 N–H and O–H groups in total. The molecule has 0 saturated heterocycles. The number of fused-ring (bicyclic) bond motifs is 1. The standard InChI is InChI=1S/C26H32F3N3O2/c1-16(2)30-12-7-8-18(4)32-21-15-22(33-5)25(23-17(3)11-13-31-24(21)23)34-20-10-6-9-19(14-20)26(27,28)29/h6,9-11,13-16,18,30,32H,7-8,12H2,1-5H3. The molecule has 0 fully saturated rings. The molecule has 0 saturated carbocycles. The SMILES string of the molecule is COc1cc(NC(C)CCCNC(C)C)c2nccc(C)c2c1Oc1cccc(C(F)(F)F)c1. The largest absolute Gasteiger partial charge is 0.493 e. The fourth-order valence-electron chi connectivity index (χ4n) is 3.79. The first-order valence-electron chi connectivity index (χ1n) is 11.4. The van der Waals surface area contributed by atoms with Crippen LogP contribution in [0.5, 0.6) is 17.2 Å². The van der Waals surface area contributed by atoms with Crippen LogP contribution in [0, 0.1) is 6.92 Å². The van der Waals surface area contributed by atoms with Crippen molar-refractivity contribution in [2.24, 2.45) is 0 Å². The quantitative estimate of drug-likeness (QED) is 0.311. The second-order valence-electron chi connectivity index (χ2n) is 8.73. The van der Waals surface area contributed by atoms with Gasteiger partial charge < -0.3 is 20.1 Å². The van der Waals surface area contributed by atoms with Gasteiger partial charge in [0.2, 0.25) is 0 Å². The highest BCUT2D eigenvalue weighted by atomic mass is 19.4. The van der Waals surface area contributed by atoms with Crippen LogP contribution in [-0.2, 0) is 6.18 Å². The highest BCUT2D eigenvalue weighted by molar-refractivity contribution is 5.99. The lowest BCUT2D eigenvalue weighted by Crippen LogP contribution is -2.25. The van der Waals surface area contributed by atoms with Crippen LogP contribution >= 0.6 is 0 Å². The number of benzene rings is 2. The van der Waals surface area contributed by atoms with Crippen molar-refractivity contribution in [2.75, 3.05) is 19.0 Å². The van der Waals surface area contributed by atoms with E-state index in [9.17, 15) is 13.2 Å². The number of methoxy groups -OCH3 is 1. The lowest BCUT2D eigenvalue weighted by molar-refractivity contribution is -0.137. The number of hydrogen-bond donors (Lipinski definition) is 2. The Kier molecular flexibility index (Phi) is 8.25. The van der Waals surface area contributed by atoms with Crippen molar-refractivity contribution >= 4 is 16.6 Å². The van der Waals surface area contributed by atoms with Gasteiger partial charge in [-0.2, -0.15) is 13.2 Å². The third-order valence-corrected chi connectivity index (χ3v) is 5.51. The van der Waals surface area contributed by atoms with Gasteiger partial charge >= 0.3 is 6.18 Å². The first-order valence-corrected chi connectivity index (χ1v) is 11.4. The summed E-state index contributed by atoms with van der Waals surface area (Å²) in [6.45, 7) is 9.20. The summed E-state index contributed by atoms with van der Waals surface area (Å²) in [5.74, 6) is 0.823. The molecule has 0 bridgehead atoms. The summed E-state index contributed by atoms with van der Waals surface area (Å²) in [5.41, 5.74) is 1.57. The average Bonchev–Trinajstić information content (AvgIpc) is 2.77. The van der Waals surface area contributed by atoms with Crippen molar-refractivity contribution in [3.63, 3.8) is 0 Å². The molecular formula is C26H32F3N3O2. The van der Waals surface area contributed by atoms with Gasteiger partial charge in [0, 0.05) is 24.3 Å². The minimum atomic E-state index is -4.46. The minimum Gasteiger partial charge on any atom is -0.493 e. The van der Waals surface area contributed by atoms with Crippen molar-refractivity contribution in [1.82, 2.24) is 10.3 Å². The first kappa shape index (κ1) is 25.6. The normalized spacial score (nSPS) is 12.7. The monoisotopic (exact) mass is 475 g/mol. The van der Waals surface area contributed by atoms with Gasteiger partial charge in [0.15, 0.2) is 11.5 Å². The number of alkyl halides is 3. The summed E-state index contributed by atoms with van der Waals surface area (Å²) >= 11 is 0. The third kappa shape index (κ3) is 6.32. The fourth-order valence-corrected chi connectivity index (χ4v) is 3.79. The van der Waals surface area contributed by atoms with E-state index in [1.54, 1.807) is 12.3 Å². The molecule has 2 aromatic carbocycles. The second-order valence-corrected chi connectivity index (χ2v) is 8.73. The maximum absolute atomic E-state index is 13.2. The Balaban J connectivity index is 1.95. The van der Waals surface area contributed by atoms with Crippen LogP contribution in [0.3, 0.4) is 0 Å². The van der Waals surface area contributed by atoms with Crippen molar-refractivity contribution in [3.05, 3.63) is 53.7 Å². The topological polar surface area (TPSA) is 55.4 Å². The predicted molar refractivity (Wildman–Crippen MR) is 130 cm³/mol. The Morgan fingerprint density at radius 3 is 2.53 bits per heavy atom. The molecule has 5 nitrogen and oxygen atoms in total. The number of aryl methyl sites for hydroxylation is 1. The predicted octanol–water partition coefficient (Wildman–Crippen LogP) is 6.94. The summed E-state index contributed by atoms with van der Waals surface area (Å²) in [6, 6.07) is 9.07. The van der Waals surface area contributed by atoms with Gasteiger partial charge in [-0.05, 0) is 63.1 Å². The molecule has 0 aliphatic heterocycles. The van der Waals surface area contributed by atoms with E-state index in [-0.39, 0.29) is 11.8 Å². The molecular weight excluding hydrogens is 443 g/mol. The van der Waals surface area contributed by atoms with Crippen LogP contribution in [0.1, 0.15) is 44.7 Å². The number of ether oxygens (including phenoxy) is 2. The van der Waals surface area contributed by atoms with Gasteiger partial charge in [-0.1, -0.05) is 19.9 Å². The van der Waals surface area contributed by atoms with Gasteiger partial charge in [0.05, 0.1) is 29.3 Å². The number of nitrogens with zero attached hydrogens (tertiary/aromatic N) is 1. The van der Waals surface area contributed by atoms with E-state index in [2.05, 4.69) is 36.4 Å². The van der Waals surface area contributed by atoms with Crippen LogP contribution in [0.4, 0.5) is 18.9 Å². The lowest BCUT2D eigenvalue weighted by Gasteiger charge is -2.21. The Bertz CT molecular complexity index is 1120. The highest BCUT2D eigenvalue weighted by Gasteiger charge is 2.31. The third-order valence-electron chi connectivity index (χ3n) is 5.51. The molecule has 0 spiro atoms. The van der Waals surface area contributed by atoms with Crippen LogP contribution in [0.2, 0.25) is 0 Å². The number of nitrogens with one attached hydrogen (secondary N) is 2. The van der Waals surface area contributed by atoms with Gasteiger partial charge in [-0.3, -0.25) is 4.98 Å². The zero-order chi connectivity index (χ0) is 24.9. The molecule has 3 rings (SSSR count). The zero-order valence-electron chi connectivity index (χ0n) is 20.2. The van der Waals surface area contributed by atoms with E-state index >= 15 is 0 Å². The average molecular weight is 476 g/mol. The summed E-state index contributed by atoms with van der Waals surface area (Å²) in [6.07, 6.45) is -0.777. The molecule has 0 amide bonds. The molecule has 0 aliphatic carbocycles. The van der Waals surface area contributed by atoms with E-state index in [1.807, 2.05) is 13.0 Å². The molecule has 1 unspecified atom stereocenters. The van der Waals surface area contributed by atoms with Gasteiger partial charge in [0.25, 0.3) is 0 Å². The number of halogens is 3. The first-order chi connectivity index (χ1) is 16.1. The highest BCUT2D eigenvalue weighted by Crippen LogP contribution is 2.44. The van der Waals surface area contributed by atoms with Gasteiger partial charge in [-0.25, -0.2) is 0 Å². The molecule has 0 radical (unpaired) electrons. The second kappa shape index (κ2) is 11.0. The Morgan fingerprint density at radius 1 is 1.09 bits per heavy atom. The number of aromatic nitrogens is 1. The van der Waals surface area contributed by atoms with Crippen molar-refractivity contribution in [2.45, 2.75) is 58.8 Å². The van der Waals surface area contributed by atoms with Crippen molar-refractivity contribution in [3.8, 4) is 17.2 Å². The molecule has 1 aromatic heterocycles. The molecule has 8 heteroatoms. The van der Waals surface area contributed by atoms with Crippen LogP contribution in [-0.4, -0.2) is 30.7 Å². The lowest BCUT2D eigenvalue weighted by atomic mass is 10.1. The van der Waals surface area contributed by atoms with Gasteiger partial charge in [-0.15, -0.1) is 0 Å². The number of hydrogen-bond acceptors (Lipinski definition) is 5. The van der Waals surface area contributed by atoms with Crippen molar-refractivity contribution < 1.29 is 22.6 Å². The van der Waals surface area contributed by atoms with Gasteiger partial charge in [0.1, 0.15) is 5.75 Å². The molecule has 34 heavy (non-hydrogen) atoms. The maximum atomic E-state index is 13.2. The van der Waals surface area contributed by atoms with E-state index in [1.165, 1.54) is 19.2 Å². The molecule has 0 aliphatic rings. The summed E-state index contributed by atoms with van der Waals surface area (Å²) in [7, 11) is 1.51. The number of anilines is 1. The number of pyridine rings is 1. The Labute approximate surface area is 198 Å². The minimum absolute atomic E-state index is 0.0735. The fraction of sp³-hybridized carbons (Fsp3) is 0.423. The molecule has 1 heterocycles. The zero-order valence-corrected chi connectivity index (χ0v) is 20.2. The van der Waals surface area contributed by atoms with Crippen LogP contribution in [0.15, 0.2) is 42.6 Å². The smallest absolute Gasteiger partial charge is 0.416 e. The van der Waals surface area contributed by atoms with Crippen LogP contribution < -0.4 is 20.1 Å². The molecule has 3 aromatic rings. The number of rotatable bonds is 10. The summed E-state index contributed by atoms with van der Waals surface area (Å²) in [4.78, 5) is 4.56. The summed E-state index contributed by atoms with van der Waals surface area (Å²) in [5, 5.41) is 7.63. The molecule has 184 valence electrons. The van der Waals surface area contributed by atoms with Crippen molar-refractivity contribution in [1.29, 1.82) is 0 Å².